The maximum absolute atomic E-state index is 13.8. The number of nitrogens with zero attached hydrogens (tertiary/aromatic N) is 4. The Kier molecular flexibility index (Phi) is 11.0. The first-order chi connectivity index (χ1) is 21.0. The molecule has 0 N–H and O–H groups in total. The molecule has 0 aromatic heterocycles. The number of fused-ring (bicyclic) bond motifs is 1. The van der Waals surface area contributed by atoms with E-state index in [0.717, 1.165) is 59.6 Å². The van der Waals surface area contributed by atoms with Gasteiger partial charge in [0.15, 0.2) is 11.5 Å². The number of hydrogen-bond acceptors (Lipinski definition) is 9. The molecule has 1 atom stereocenters. The third-order valence-corrected chi connectivity index (χ3v) is 9.13. The molecule has 0 fully saturated rings. The van der Waals surface area contributed by atoms with Crippen molar-refractivity contribution in [2.45, 2.75) is 65.0 Å². The predicted octanol–water partition coefficient (Wildman–Crippen LogP) is 6.55. The fourth-order valence-electron chi connectivity index (χ4n) is 5.51. The number of carbonyl (C=O) groups is 3. The Morgan fingerprint density at radius 2 is 1.84 bits per heavy atom. The van der Waals surface area contributed by atoms with E-state index in [1.165, 1.54) is 0 Å². The molecule has 2 aliphatic rings. The molecule has 0 aliphatic carbocycles. The van der Waals surface area contributed by atoms with Crippen LogP contribution in [-0.2, 0) is 10.2 Å². The molecule has 2 heterocycles. The molecule has 44 heavy (non-hydrogen) atoms. The van der Waals surface area contributed by atoms with E-state index in [-0.39, 0.29) is 23.2 Å². The largest absolute Gasteiger partial charge is 0.493 e. The van der Waals surface area contributed by atoms with Crippen LogP contribution in [0, 0.1) is 0 Å². The fraction of sp³-hybridized carbons (Fsp3) is 0.515. The van der Waals surface area contributed by atoms with Crippen molar-refractivity contribution in [1.29, 1.82) is 0 Å². The van der Waals surface area contributed by atoms with Crippen LogP contribution in [0.25, 0.3) is 0 Å². The normalized spacial score (nSPS) is 17.7. The summed E-state index contributed by atoms with van der Waals surface area (Å²) in [6, 6.07) is 11.1. The molecule has 0 radical (unpaired) electrons. The minimum Gasteiger partial charge on any atom is -0.493 e. The number of carbonyl (C=O) groups excluding carboxylic acids is 3. The molecule has 11 heteroatoms. The highest BCUT2D eigenvalue weighted by atomic mass is 32.2. The van der Waals surface area contributed by atoms with Crippen molar-refractivity contribution in [3.8, 4) is 11.5 Å². The van der Waals surface area contributed by atoms with Crippen molar-refractivity contribution < 1.29 is 28.6 Å². The second-order valence-corrected chi connectivity index (χ2v) is 12.7. The lowest BCUT2D eigenvalue weighted by Crippen LogP contribution is -2.41. The van der Waals surface area contributed by atoms with Gasteiger partial charge in [0.05, 0.1) is 31.3 Å². The molecule has 1 unspecified atom stereocenters. The molecule has 238 valence electrons. The standard InChI is InChI=1S/C33H44N4O6S/c1-8-35(9-2)17-11-19-43-31(39)37-32(40)44-22(4)29(34-37)23-12-14-26-25(20-23)33(5,6)16-18-36(26)30(38)24-13-15-27(41-7)28(21-24)42-10-3/h12-15,20-22H,8-11,16-19H2,1-7H3. The van der Waals surface area contributed by atoms with Gasteiger partial charge in [-0.15, -0.1) is 5.01 Å². The van der Waals surface area contributed by atoms with Crippen molar-refractivity contribution >= 4 is 40.4 Å². The number of amides is 3. The molecular formula is C33H44N4O6S. The summed E-state index contributed by atoms with van der Waals surface area (Å²) < 4.78 is 16.5. The zero-order chi connectivity index (χ0) is 32.0. The highest BCUT2D eigenvalue weighted by Gasteiger charge is 2.37. The third-order valence-electron chi connectivity index (χ3n) is 8.18. The summed E-state index contributed by atoms with van der Waals surface area (Å²) in [5.41, 5.74) is 3.50. The lowest BCUT2D eigenvalue weighted by molar-refractivity contribution is 0.0981. The lowest BCUT2D eigenvalue weighted by atomic mass is 9.76. The van der Waals surface area contributed by atoms with Gasteiger partial charge in [-0.2, -0.15) is 5.10 Å². The van der Waals surface area contributed by atoms with Crippen LogP contribution >= 0.6 is 11.8 Å². The van der Waals surface area contributed by atoms with E-state index < -0.39 is 11.3 Å². The molecule has 2 aliphatic heterocycles. The number of anilines is 1. The van der Waals surface area contributed by atoms with Crippen LogP contribution in [0.5, 0.6) is 11.5 Å². The van der Waals surface area contributed by atoms with E-state index in [2.05, 4.69) is 37.7 Å². The van der Waals surface area contributed by atoms with Gasteiger partial charge in [0, 0.05) is 24.3 Å². The van der Waals surface area contributed by atoms with Crippen LogP contribution in [-0.4, -0.2) is 84.6 Å². The van der Waals surface area contributed by atoms with Gasteiger partial charge in [0.25, 0.3) is 5.91 Å². The summed E-state index contributed by atoms with van der Waals surface area (Å²) in [6.07, 6.45) is 0.659. The van der Waals surface area contributed by atoms with Gasteiger partial charge >= 0.3 is 11.3 Å². The van der Waals surface area contributed by atoms with Crippen LogP contribution in [0.2, 0.25) is 0 Å². The molecule has 2 aromatic rings. The monoisotopic (exact) mass is 624 g/mol. The second-order valence-electron chi connectivity index (χ2n) is 11.4. The first-order valence-corrected chi connectivity index (χ1v) is 16.2. The smallest absolute Gasteiger partial charge is 0.438 e. The van der Waals surface area contributed by atoms with Crippen LogP contribution < -0.4 is 14.4 Å². The summed E-state index contributed by atoms with van der Waals surface area (Å²) in [4.78, 5) is 43.5. The fourth-order valence-corrected chi connectivity index (χ4v) is 6.32. The van der Waals surface area contributed by atoms with E-state index in [1.807, 2.05) is 32.0 Å². The van der Waals surface area contributed by atoms with E-state index >= 15 is 0 Å². The van der Waals surface area contributed by atoms with Crippen LogP contribution in [0.3, 0.4) is 0 Å². The Morgan fingerprint density at radius 1 is 1.09 bits per heavy atom. The van der Waals surface area contributed by atoms with Crippen molar-refractivity contribution in [1.82, 2.24) is 9.91 Å². The van der Waals surface area contributed by atoms with E-state index in [0.29, 0.717) is 42.3 Å². The maximum atomic E-state index is 13.8. The Labute approximate surface area is 264 Å². The molecule has 0 spiro atoms. The number of methoxy groups -OCH3 is 1. The number of hydrogen-bond donors (Lipinski definition) is 0. The molecular weight excluding hydrogens is 580 g/mol. The molecule has 3 amide bonds. The first-order valence-electron chi connectivity index (χ1n) is 15.3. The first kappa shape index (κ1) is 33.3. The van der Waals surface area contributed by atoms with Crippen molar-refractivity contribution in [2.24, 2.45) is 5.10 Å². The van der Waals surface area contributed by atoms with Crippen molar-refractivity contribution in [2.75, 3.05) is 51.4 Å². The zero-order valence-electron chi connectivity index (χ0n) is 26.8. The second kappa shape index (κ2) is 14.5. The SMILES string of the molecule is CCOc1cc(C(=O)N2CCC(C)(C)c3cc(C4=NN(C(=O)OCCCN(CC)CC)C(=O)SC4C)ccc32)ccc1OC. The van der Waals surface area contributed by atoms with E-state index in [1.54, 1.807) is 30.2 Å². The Morgan fingerprint density at radius 3 is 2.52 bits per heavy atom. The molecule has 0 saturated carbocycles. The summed E-state index contributed by atoms with van der Waals surface area (Å²) in [5, 5.41) is 4.59. The quantitative estimate of drug-likeness (QED) is 0.260. The molecule has 2 aromatic carbocycles. The minimum absolute atomic E-state index is 0.127. The van der Waals surface area contributed by atoms with Crippen LogP contribution in [0.15, 0.2) is 41.5 Å². The van der Waals surface area contributed by atoms with Gasteiger partial charge in [-0.3, -0.25) is 9.59 Å². The summed E-state index contributed by atoms with van der Waals surface area (Å²) in [6.45, 7) is 16.2. The highest BCUT2D eigenvalue weighted by Crippen LogP contribution is 2.42. The van der Waals surface area contributed by atoms with Crippen LogP contribution in [0.4, 0.5) is 15.3 Å². The summed E-state index contributed by atoms with van der Waals surface area (Å²) in [5.74, 6) is 0.971. The average Bonchev–Trinajstić information content (AvgIpc) is 3.01. The van der Waals surface area contributed by atoms with E-state index in [9.17, 15) is 14.4 Å². The van der Waals surface area contributed by atoms with Gasteiger partial charge in [0.1, 0.15) is 0 Å². The Balaban J connectivity index is 1.60. The number of rotatable bonds is 11. The Hall–Kier alpha value is -3.57. The maximum Gasteiger partial charge on any atom is 0.438 e. The minimum atomic E-state index is -0.771. The number of ether oxygens (including phenoxy) is 3. The summed E-state index contributed by atoms with van der Waals surface area (Å²) in [7, 11) is 1.57. The predicted molar refractivity (Wildman–Crippen MR) is 175 cm³/mol. The van der Waals surface area contributed by atoms with Gasteiger partial charge in [-0.25, -0.2) is 4.79 Å². The summed E-state index contributed by atoms with van der Waals surface area (Å²) >= 11 is 1.04. The third kappa shape index (κ3) is 7.21. The molecule has 0 saturated heterocycles. The van der Waals surface area contributed by atoms with Crippen molar-refractivity contribution in [3.63, 3.8) is 0 Å². The number of thioether (sulfide) groups is 1. The average molecular weight is 625 g/mol. The van der Waals surface area contributed by atoms with Crippen molar-refractivity contribution in [3.05, 3.63) is 53.1 Å². The van der Waals surface area contributed by atoms with Gasteiger partial charge < -0.3 is 24.0 Å². The Bertz CT molecular complexity index is 1410. The number of imide groups is 1. The van der Waals surface area contributed by atoms with Gasteiger partial charge in [-0.05, 0) is 86.7 Å². The number of benzene rings is 2. The van der Waals surface area contributed by atoms with Gasteiger partial charge in [-0.1, -0.05) is 45.5 Å². The number of hydrazone groups is 1. The van der Waals surface area contributed by atoms with E-state index in [4.69, 9.17) is 14.2 Å². The topological polar surface area (TPSA) is 101 Å². The van der Waals surface area contributed by atoms with Gasteiger partial charge in [0.2, 0.25) is 0 Å². The van der Waals surface area contributed by atoms with Crippen LogP contribution in [0.1, 0.15) is 75.9 Å². The lowest BCUT2D eigenvalue weighted by Gasteiger charge is -2.39. The zero-order valence-corrected chi connectivity index (χ0v) is 27.7. The highest BCUT2D eigenvalue weighted by molar-refractivity contribution is 8.14. The molecule has 4 rings (SSSR count). The molecule has 0 bridgehead atoms. The molecule has 10 nitrogen and oxygen atoms in total.